The zero-order chi connectivity index (χ0) is 14.3. The lowest BCUT2D eigenvalue weighted by molar-refractivity contribution is 0.475. The van der Waals surface area contributed by atoms with Crippen molar-refractivity contribution in [1.29, 1.82) is 0 Å². The number of phenols is 1. The maximum Gasteiger partial charge on any atom is 0.116 e. The van der Waals surface area contributed by atoms with E-state index in [4.69, 9.17) is 4.98 Å². The van der Waals surface area contributed by atoms with Crippen molar-refractivity contribution in [3.8, 4) is 17.0 Å². The lowest BCUT2D eigenvalue weighted by Crippen LogP contribution is -2.07. The molecule has 0 spiro atoms. The highest BCUT2D eigenvalue weighted by Gasteiger charge is 2.48. The molecule has 3 heteroatoms. The van der Waals surface area contributed by atoms with Gasteiger partial charge in [-0.15, -0.1) is 11.3 Å². The summed E-state index contributed by atoms with van der Waals surface area (Å²) in [4.78, 5) is 4.84. The van der Waals surface area contributed by atoms with Crippen molar-refractivity contribution in [1.82, 2.24) is 4.98 Å². The maximum absolute atomic E-state index is 9.61. The zero-order valence-corrected chi connectivity index (χ0v) is 12.3. The molecular weight excluding hydrogens is 278 g/mol. The van der Waals surface area contributed by atoms with Crippen LogP contribution in [0.4, 0.5) is 0 Å². The van der Waals surface area contributed by atoms with Gasteiger partial charge in [-0.1, -0.05) is 42.5 Å². The number of aromatic nitrogens is 1. The van der Waals surface area contributed by atoms with E-state index in [2.05, 4.69) is 35.7 Å². The molecule has 104 valence electrons. The van der Waals surface area contributed by atoms with Crippen LogP contribution in [-0.4, -0.2) is 10.1 Å². The lowest BCUT2D eigenvalue weighted by atomic mass is 9.97. The second-order valence-corrected chi connectivity index (χ2v) is 6.39. The van der Waals surface area contributed by atoms with Crippen LogP contribution in [-0.2, 0) is 5.41 Å². The van der Waals surface area contributed by atoms with Crippen LogP contribution in [0.3, 0.4) is 0 Å². The molecule has 1 heterocycles. The minimum Gasteiger partial charge on any atom is -0.508 e. The molecule has 2 aromatic carbocycles. The number of benzene rings is 2. The van der Waals surface area contributed by atoms with Crippen molar-refractivity contribution >= 4 is 11.3 Å². The predicted octanol–water partition coefficient (Wildman–Crippen LogP) is 4.60. The van der Waals surface area contributed by atoms with E-state index >= 15 is 0 Å². The Morgan fingerprint density at radius 1 is 1.00 bits per heavy atom. The highest BCUT2D eigenvalue weighted by Crippen LogP contribution is 2.54. The van der Waals surface area contributed by atoms with E-state index in [0.29, 0.717) is 0 Å². The second-order valence-electron chi connectivity index (χ2n) is 5.54. The third-order valence-electron chi connectivity index (χ3n) is 4.13. The number of phenolic OH excluding ortho intramolecular Hbond substituents is 1. The molecule has 21 heavy (non-hydrogen) atoms. The summed E-state index contributed by atoms with van der Waals surface area (Å²) in [5, 5.41) is 12.9. The zero-order valence-electron chi connectivity index (χ0n) is 11.5. The Balaban J connectivity index is 1.72. The van der Waals surface area contributed by atoms with E-state index in [-0.39, 0.29) is 11.2 Å². The monoisotopic (exact) mass is 293 g/mol. The molecule has 1 aliphatic carbocycles. The third kappa shape index (κ3) is 2.14. The second kappa shape index (κ2) is 4.71. The summed E-state index contributed by atoms with van der Waals surface area (Å²) in [6.45, 7) is 0. The Bertz CT molecular complexity index is 775. The summed E-state index contributed by atoms with van der Waals surface area (Å²) in [6, 6.07) is 17.9. The summed E-state index contributed by atoms with van der Waals surface area (Å²) >= 11 is 1.72. The molecular formula is C18H15NOS. The van der Waals surface area contributed by atoms with Crippen molar-refractivity contribution in [2.24, 2.45) is 0 Å². The van der Waals surface area contributed by atoms with E-state index in [1.165, 1.54) is 23.4 Å². The molecule has 3 aromatic rings. The van der Waals surface area contributed by atoms with Gasteiger partial charge in [0.15, 0.2) is 0 Å². The Labute approximate surface area is 127 Å². The van der Waals surface area contributed by atoms with Gasteiger partial charge in [-0.25, -0.2) is 4.98 Å². The van der Waals surface area contributed by atoms with Gasteiger partial charge < -0.3 is 5.11 Å². The Morgan fingerprint density at radius 3 is 2.52 bits per heavy atom. The van der Waals surface area contributed by atoms with Gasteiger partial charge in [0.05, 0.1) is 5.69 Å². The molecule has 4 rings (SSSR count). The van der Waals surface area contributed by atoms with E-state index in [1.54, 1.807) is 23.5 Å². The molecule has 1 aromatic heterocycles. The molecule has 0 unspecified atom stereocenters. The molecule has 2 nitrogen and oxygen atoms in total. The summed E-state index contributed by atoms with van der Waals surface area (Å²) in [6.07, 6.45) is 2.34. The lowest BCUT2D eigenvalue weighted by Gasteiger charge is -2.12. The number of aromatic hydroxyl groups is 1. The van der Waals surface area contributed by atoms with E-state index in [1.807, 2.05) is 12.1 Å². The van der Waals surface area contributed by atoms with Crippen molar-refractivity contribution in [3.63, 3.8) is 0 Å². The first-order valence-corrected chi connectivity index (χ1v) is 7.97. The van der Waals surface area contributed by atoms with Gasteiger partial charge in [0.2, 0.25) is 0 Å². The van der Waals surface area contributed by atoms with E-state index in [9.17, 15) is 5.11 Å². The van der Waals surface area contributed by atoms with Crippen LogP contribution in [0.15, 0.2) is 60.0 Å². The van der Waals surface area contributed by atoms with E-state index < -0.39 is 0 Å². The molecule has 0 aliphatic heterocycles. The van der Waals surface area contributed by atoms with Gasteiger partial charge in [0.25, 0.3) is 0 Å². The smallest absolute Gasteiger partial charge is 0.116 e. The SMILES string of the molecule is Oc1cccc(-c2csc(C3(c4ccccc4)CC3)n2)c1. The quantitative estimate of drug-likeness (QED) is 0.766. The molecule has 1 saturated carbocycles. The van der Waals surface area contributed by atoms with Crippen LogP contribution < -0.4 is 0 Å². The Kier molecular flexibility index (Phi) is 2.82. The first-order valence-electron chi connectivity index (χ1n) is 7.09. The van der Waals surface area contributed by atoms with Crippen LogP contribution in [0.25, 0.3) is 11.3 Å². The predicted molar refractivity (Wildman–Crippen MR) is 85.7 cm³/mol. The minimum absolute atomic E-state index is 0.126. The van der Waals surface area contributed by atoms with Crippen LogP contribution in [0.5, 0.6) is 5.75 Å². The summed E-state index contributed by atoms with van der Waals surface area (Å²) in [5.74, 6) is 0.284. The molecule has 0 bridgehead atoms. The van der Waals surface area contributed by atoms with Crippen LogP contribution >= 0.6 is 11.3 Å². The van der Waals surface area contributed by atoms with Crippen molar-refractivity contribution in [2.45, 2.75) is 18.3 Å². The maximum atomic E-state index is 9.61. The fourth-order valence-electron chi connectivity index (χ4n) is 2.80. The van der Waals surface area contributed by atoms with Crippen molar-refractivity contribution in [3.05, 3.63) is 70.5 Å². The average molecular weight is 293 g/mol. The molecule has 1 N–H and O–H groups in total. The summed E-state index contributed by atoms with van der Waals surface area (Å²) in [7, 11) is 0. The van der Waals surface area contributed by atoms with Gasteiger partial charge in [-0.2, -0.15) is 0 Å². The Morgan fingerprint density at radius 2 is 1.81 bits per heavy atom. The Hall–Kier alpha value is -2.13. The van der Waals surface area contributed by atoms with Crippen LogP contribution in [0.2, 0.25) is 0 Å². The number of nitrogens with zero attached hydrogens (tertiary/aromatic N) is 1. The molecule has 0 radical (unpaired) electrons. The van der Waals surface area contributed by atoms with Gasteiger partial charge >= 0.3 is 0 Å². The number of thiazole rings is 1. The summed E-state index contributed by atoms with van der Waals surface area (Å²) in [5.41, 5.74) is 3.41. The number of hydrogen-bond acceptors (Lipinski definition) is 3. The number of rotatable bonds is 3. The fraction of sp³-hybridized carbons (Fsp3) is 0.167. The molecule has 0 atom stereocenters. The standard InChI is InChI=1S/C18H15NOS/c20-15-8-4-5-13(11-15)16-12-21-17(19-16)18(9-10-18)14-6-2-1-3-7-14/h1-8,11-12,20H,9-10H2. The highest BCUT2D eigenvalue weighted by molar-refractivity contribution is 7.10. The van der Waals surface area contributed by atoms with Crippen molar-refractivity contribution in [2.75, 3.05) is 0 Å². The summed E-state index contributed by atoms with van der Waals surface area (Å²) < 4.78 is 0. The van der Waals surface area contributed by atoms with E-state index in [0.717, 1.165) is 11.3 Å². The highest BCUT2D eigenvalue weighted by atomic mass is 32.1. The van der Waals surface area contributed by atoms with Crippen molar-refractivity contribution < 1.29 is 5.11 Å². The molecule has 1 aliphatic rings. The minimum atomic E-state index is 0.126. The average Bonchev–Trinajstić information content (AvgIpc) is 3.18. The first-order chi connectivity index (χ1) is 10.3. The fourth-order valence-corrected chi connectivity index (χ4v) is 3.91. The normalized spacial score (nSPS) is 15.8. The van der Waals surface area contributed by atoms with Crippen LogP contribution in [0, 0.1) is 0 Å². The first kappa shape index (κ1) is 12.6. The van der Waals surface area contributed by atoms with Gasteiger partial charge in [-0.05, 0) is 30.5 Å². The molecule has 1 fully saturated rings. The molecule has 0 saturated heterocycles. The van der Waals surface area contributed by atoms with Gasteiger partial charge in [-0.3, -0.25) is 0 Å². The largest absolute Gasteiger partial charge is 0.508 e. The number of hydrogen-bond donors (Lipinski definition) is 1. The van der Waals surface area contributed by atoms with Gasteiger partial charge in [0, 0.05) is 16.4 Å². The topological polar surface area (TPSA) is 33.1 Å². The van der Waals surface area contributed by atoms with Crippen LogP contribution in [0.1, 0.15) is 23.4 Å². The van der Waals surface area contributed by atoms with Gasteiger partial charge in [0.1, 0.15) is 10.8 Å². The molecule has 0 amide bonds. The third-order valence-corrected chi connectivity index (χ3v) is 5.18.